The summed E-state index contributed by atoms with van der Waals surface area (Å²) in [5.74, 6) is 0.581. The Morgan fingerprint density at radius 3 is 2.64 bits per heavy atom. The van der Waals surface area contributed by atoms with E-state index in [4.69, 9.17) is 0 Å². The molecule has 1 aromatic rings. The number of nitrogens with zero attached hydrogens (tertiary/aromatic N) is 3. The molecule has 0 amide bonds. The van der Waals surface area contributed by atoms with E-state index in [1.165, 1.54) is 5.56 Å². The van der Waals surface area contributed by atoms with Crippen molar-refractivity contribution in [2.75, 3.05) is 20.6 Å². The van der Waals surface area contributed by atoms with Crippen molar-refractivity contribution >= 4 is 0 Å². The second-order valence-electron chi connectivity index (χ2n) is 4.35. The lowest BCUT2D eigenvalue weighted by Gasteiger charge is -2.08. The largest absolute Gasteiger partial charge is 0.309 e. The van der Waals surface area contributed by atoms with Gasteiger partial charge in [0.1, 0.15) is 0 Å². The van der Waals surface area contributed by atoms with E-state index in [0.29, 0.717) is 5.92 Å². The Balaban J connectivity index is 2.36. The minimum absolute atomic E-state index is 0.581. The predicted octanol–water partition coefficient (Wildman–Crippen LogP) is 1.96. The molecule has 1 rings (SSSR count). The van der Waals surface area contributed by atoms with Crippen molar-refractivity contribution in [3.8, 4) is 0 Å². The Kier molecular flexibility index (Phi) is 4.14. The molecule has 1 aromatic heterocycles. The van der Waals surface area contributed by atoms with Gasteiger partial charge in [0.15, 0.2) is 0 Å². The van der Waals surface area contributed by atoms with Crippen LogP contribution in [-0.2, 0) is 6.54 Å². The van der Waals surface area contributed by atoms with Crippen LogP contribution in [0, 0.1) is 0 Å². The van der Waals surface area contributed by atoms with Crippen LogP contribution in [0.2, 0.25) is 0 Å². The van der Waals surface area contributed by atoms with Gasteiger partial charge in [-0.25, -0.2) is 0 Å². The van der Waals surface area contributed by atoms with Gasteiger partial charge in [-0.2, -0.15) is 5.10 Å². The average molecular weight is 195 g/mol. The molecular formula is C11H21N3. The summed E-state index contributed by atoms with van der Waals surface area (Å²) in [6, 6.07) is 0. The third-order valence-electron chi connectivity index (χ3n) is 2.31. The number of hydrogen-bond donors (Lipinski definition) is 0. The summed E-state index contributed by atoms with van der Waals surface area (Å²) >= 11 is 0. The van der Waals surface area contributed by atoms with Gasteiger partial charge in [0, 0.05) is 12.7 Å². The summed E-state index contributed by atoms with van der Waals surface area (Å²) in [7, 11) is 4.20. The van der Waals surface area contributed by atoms with Gasteiger partial charge in [0.05, 0.1) is 6.20 Å². The molecule has 14 heavy (non-hydrogen) atoms. The van der Waals surface area contributed by atoms with Crippen LogP contribution in [0.5, 0.6) is 0 Å². The normalized spacial score (nSPS) is 11.6. The van der Waals surface area contributed by atoms with Gasteiger partial charge >= 0.3 is 0 Å². The highest BCUT2D eigenvalue weighted by Gasteiger charge is 2.02. The van der Waals surface area contributed by atoms with Gasteiger partial charge in [-0.1, -0.05) is 13.8 Å². The second-order valence-corrected chi connectivity index (χ2v) is 4.35. The van der Waals surface area contributed by atoms with E-state index in [-0.39, 0.29) is 0 Å². The fourth-order valence-electron chi connectivity index (χ4n) is 1.35. The summed E-state index contributed by atoms with van der Waals surface area (Å²) in [6.45, 7) is 6.53. The molecule has 0 N–H and O–H groups in total. The smallest absolute Gasteiger partial charge is 0.0524 e. The highest BCUT2D eigenvalue weighted by Crippen LogP contribution is 2.12. The van der Waals surface area contributed by atoms with E-state index in [0.717, 1.165) is 19.5 Å². The van der Waals surface area contributed by atoms with Gasteiger partial charge in [-0.3, -0.25) is 4.68 Å². The quantitative estimate of drug-likeness (QED) is 0.716. The van der Waals surface area contributed by atoms with Crippen molar-refractivity contribution in [1.29, 1.82) is 0 Å². The lowest BCUT2D eigenvalue weighted by Crippen LogP contribution is -2.15. The van der Waals surface area contributed by atoms with Gasteiger partial charge in [0.25, 0.3) is 0 Å². The molecule has 0 bridgehead atoms. The van der Waals surface area contributed by atoms with E-state index >= 15 is 0 Å². The first-order valence-corrected chi connectivity index (χ1v) is 5.26. The monoisotopic (exact) mass is 195 g/mol. The maximum atomic E-state index is 4.33. The van der Waals surface area contributed by atoms with Gasteiger partial charge < -0.3 is 4.90 Å². The fourth-order valence-corrected chi connectivity index (χ4v) is 1.35. The van der Waals surface area contributed by atoms with Crippen LogP contribution in [0.3, 0.4) is 0 Å². The average Bonchev–Trinajstić information content (AvgIpc) is 2.52. The molecule has 0 aliphatic carbocycles. The molecule has 1 heterocycles. The fraction of sp³-hybridized carbons (Fsp3) is 0.727. The van der Waals surface area contributed by atoms with Crippen molar-refractivity contribution in [3.63, 3.8) is 0 Å². The van der Waals surface area contributed by atoms with Crippen molar-refractivity contribution in [1.82, 2.24) is 14.7 Å². The van der Waals surface area contributed by atoms with Crippen LogP contribution in [0.4, 0.5) is 0 Å². The first-order valence-electron chi connectivity index (χ1n) is 5.26. The second kappa shape index (κ2) is 5.15. The zero-order chi connectivity index (χ0) is 10.6. The zero-order valence-corrected chi connectivity index (χ0v) is 9.70. The summed E-state index contributed by atoms with van der Waals surface area (Å²) in [5.41, 5.74) is 1.33. The summed E-state index contributed by atoms with van der Waals surface area (Å²) in [5, 5.41) is 4.33. The third-order valence-corrected chi connectivity index (χ3v) is 2.31. The topological polar surface area (TPSA) is 21.1 Å². The van der Waals surface area contributed by atoms with E-state index in [9.17, 15) is 0 Å². The lowest BCUT2D eigenvalue weighted by molar-refractivity contribution is 0.380. The number of hydrogen-bond acceptors (Lipinski definition) is 2. The van der Waals surface area contributed by atoms with Crippen molar-refractivity contribution in [3.05, 3.63) is 18.0 Å². The van der Waals surface area contributed by atoms with Crippen molar-refractivity contribution in [2.45, 2.75) is 32.7 Å². The van der Waals surface area contributed by atoms with E-state index in [2.05, 4.69) is 44.1 Å². The molecule has 3 nitrogen and oxygen atoms in total. The number of aryl methyl sites for hydroxylation is 1. The Labute approximate surface area is 86.7 Å². The SMILES string of the molecule is CC(C)c1cnn(CCCN(C)C)c1. The molecule has 0 fully saturated rings. The molecule has 0 saturated carbocycles. The van der Waals surface area contributed by atoms with Crippen LogP contribution in [0.15, 0.2) is 12.4 Å². The molecule has 0 unspecified atom stereocenters. The Morgan fingerprint density at radius 1 is 1.43 bits per heavy atom. The first kappa shape index (κ1) is 11.2. The van der Waals surface area contributed by atoms with E-state index in [1.807, 2.05) is 10.9 Å². The first-order chi connectivity index (χ1) is 6.59. The number of aromatic nitrogens is 2. The molecule has 0 aliphatic heterocycles. The van der Waals surface area contributed by atoms with Crippen molar-refractivity contribution < 1.29 is 0 Å². The summed E-state index contributed by atoms with van der Waals surface area (Å²) in [4.78, 5) is 2.20. The molecule has 0 atom stereocenters. The minimum atomic E-state index is 0.581. The molecule has 0 radical (unpaired) electrons. The van der Waals surface area contributed by atoms with Crippen LogP contribution in [-0.4, -0.2) is 35.3 Å². The predicted molar refractivity (Wildman–Crippen MR) is 59.5 cm³/mol. The van der Waals surface area contributed by atoms with E-state index < -0.39 is 0 Å². The van der Waals surface area contributed by atoms with Crippen LogP contribution >= 0.6 is 0 Å². The third kappa shape index (κ3) is 3.50. The Hall–Kier alpha value is -0.830. The molecule has 3 heteroatoms. The molecule has 0 saturated heterocycles. The molecular weight excluding hydrogens is 174 g/mol. The molecule has 0 aromatic carbocycles. The highest BCUT2D eigenvalue weighted by atomic mass is 15.3. The van der Waals surface area contributed by atoms with Gasteiger partial charge in [-0.05, 0) is 38.5 Å². The maximum absolute atomic E-state index is 4.33. The van der Waals surface area contributed by atoms with Gasteiger partial charge in [0.2, 0.25) is 0 Å². The molecule has 0 spiro atoms. The van der Waals surface area contributed by atoms with Crippen LogP contribution in [0.1, 0.15) is 31.7 Å². The van der Waals surface area contributed by atoms with Crippen LogP contribution in [0.25, 0.3) is 0 Å². The molecule has 0 aliphatic rings. The molecule has 80 valence electrons. The highest BCUT2D eigenvalue weighted by molar-refractivity contribution is 5.08. The minimum Gasteiger partial charge on any atom is -0.309 e. The van der Waals surface area contributed by atoms with Crippen molar-refractivity contribution in [2.24, 2.45) is 0 Å². The maximum Gasteiger partial charge on any atom is 0.0524 e. The zero-order valence-electron chi connectivity index (χ0n) is 9.70. The Bertz CT molecular complexity index is 263. The lowest BCUT2D eigenvalue weighted by atomic mass is 10.1. The Morgan fingerprint density at radius 2 is 2.14 bits per heavy atom. The van der Waals surface area contributed by atoms with E-state index in [1.54, 1.807) is 0 Å². The van der Waals surface area contributed by atoms with Gasteiger partial charge in [-0.15, -0.1) is 0 Å². The standard InChI is InChI=1S/C11H21N3/c1-10(2)11-8-12-14(9-11)7-5-6-13(3)4/h8-10H,5-7H2,1-4H3. The summed E-state index contributed by atoms with van der Waals surface area (Å²) < 4.78 is 2.04. The number of rotatable bonds is 5. The van der Waals surface area contributed by atoms with Crippen LogP contribution < -0.4 is 0 Å². The summed E-state index contributed by atoms with van der Waals surface area (Å²) in [6.07, 6.45) is 5.28.